The molecule has 0 bridgehead atoms. The van der Waals surface area contributed by atoms with E-state index in [1.807, 2.05) is 0 Å². The lowest BCUT2D eigenvalue weighted by Crippen LogP contribution is -2.30. The minimum Gasteiger partial charge on any atom is -0.201 e. The molecule has 0 unspecified atom stereocenters. The molecule has 1 nitrogen and oxygen atoms in total. The number of aryl methyl sites for hydroxylation is 2. The standard InChI is InChI=1S/C26H22N/c1-18-12-13-21(17-24(18)25-11-3-4-16-27(25)2)22-15-14-20-8-5-7-19-9-6-10-23(22)26(19)20/h3-7,9-17H,8H2,1-2H3/q+1. The van der Waals surface area contributed by atoms with E-state index in [-0.39, 0.29) is 0 Å². The predicted octanol–water partition coefficient (Wildman–Crippen LogP) is 5.88. The maximum atomic E-state index is 2.34. The van der Waals surface area contributed by atoms with Crippen LogP contribution in [0.3, 0.4) is 0 Å². The van der Waals surface area contributed by atoms with Crippen molar-refractivity contribution in [3.8, 4) is 22.4 Å². The SMILES string of the molecule is Cc1ccc(-c2ccc3c4c(cccc24)C=CC3)cc1-c1cccc[n+]1C. The molecule has 1 aliphatic carbocycles. The molecule has 1 heteroatoms. The Balaban J connectivity index is 1.76. The van der Waals surface area contributed by atoms with Gasteiger partial charge in [-0.25, -0.2) is 4.57 Å². The first-order valence-electron chi connectivity index (χ1n) is 9.49. The van der Waals surface area contributed by atoms with Crippen LogP contribution in [0.5, 0.6) is 0 Å². The fourth-order valence-corrected chi connectivity index (χ4v) is 4.25. The van der Waals surface area contributed by atoms with Crippen molar-refractivity contribution in [1.82, 2.24) is 0 Å². The molecule has 0 radical (unpaired) electrons. The highest BCUT2D eigenvalue weighted by Crippen LogP contribution is 2.37. The minimum absolute atomic E-state index is 1.02. The first-order chi connectivity index (χ1) is 13.2. The number of hydrogen-bond donors (Lipinski definition) is 0. The lowest BCUT2D eigenvalue weighted by atomic mass is 9.87. The van der Waals surface area contributed by atoms with Gasteiger partial charge in [-0.1, -0.05) is 54.6 Å². The van der Waals surface area contributed by atoms with Gasteiger partial charge in [-0.3, -0.25) is 0 Å². The van der Waals surface area contributed by atoms with Gasteiger partial charge in [-0.05, 0) is 64.1 Å². The molecule has 1 heterocycles. The van der Waals surface area contributed by atoms with E-state index in [4.69, 9.17) is 0 Å². The van der Waals surface area contributed by atoms with E-state index >= 15 is 0 Å². The second kappa shape index (κ2) is 6.21. The maximum Gasteiger partial charge on any atom is 0.212 e. The Labute approximate surface area is 160 Å². The van der Waals surface area contributed by atoms with Crippen molar-refractivity contribution in [1.29, 1.82) is 0 Å². The van der Waals surface area contributed by atoms with E-state index in [1.165, 1.54) is 49.8 Å². The Morgan fingerprint density at radius 2 is 1.78 bits per heavy atom. The molecule has 0 saturated heterocycles. The Morgan fingerprint density at radius 3 is 2.67 bits per heavy atom. The van der Waals surface area contributed by atoms with Crippen LogP contribution in [0.4, 0.5) is 0 Å². The summed E-state index contributed by atoms with van der Waals surface area (Å²) in [5.74, 6) is 0. The lowest BCUT2D eigenvalue weighted by Gasteiger charge is -2.16. The van der Waals surface area contributed by atoms with Crippen LogP contribution in [0.25, 0.3) is 39.2 Å². The fraction of sp³-hybridized carbons (Fsp3) is 0.115. The first-order valence-corrected chi connectivity index (χ1v) is 9.49. The molecule has 1 aliphatic rings. The molecule has 27 heavy (non-hydrogen) atoms. The molecular formula is C26H22N+. The summed E-state index contributed by atoms with van der Waals surface area (Å²) in [7, 11) is 2.11. The van der Waals surface area contributed by atoms with Gasteiger partial charge in [0.25, 0.3) is 0 Å². The number of allylic oxidation sites excluding steroid dienone is 1. The Bertz CT molecular complexity index is 1210. The van der Waals surface area contributed by atoms with Crippen LogP contribution in [-0.4, -0.2) is 0 Å². The van der Waals surface area contributed by atoms with Crippen LogP contribution < -0.4 is 4.57 Å². The van der Waals surface area contributed by atoms with Crippen molar-refractivity contribution in [2.45, 2.75) is 13.3 Å². The number of pyridine rings is 1. The monoisotopic (exact) mass is 348 g/mol. The van der Waals surface area contributed by atoms with E-state index < -0.39 is 0 Å². The van der Waals surface area contributed by atoms with Gasteiger partial charge >= 0.3 is 0 Å². The van der Waals surface area contributed by atoms with Crippen LogP contribution in [0.2, 0.25) is 0 Å². The minimum atomic E-state index is 1.02. The normalized spacial score (nSPS) is 12.5. The van der Waals surface area contributed by atoms with Crippen molar-refractivity contribution < 1.29 is 4.57 Å². The molecular weight excluding hydrogens is 326 g/mol. The van der Waals surface area contributed by atoms with Gasteiger partial charge in [0.15, 0.2) is 6.20 Å². The zero-order chi connectivity index (χ0) is 18.4. The maximum absolute atomic E-state index is 2.34. The quantitative estimate of drug-likeness (QED) is 0.399. The van der Waals surface area contributed by atoms with Crippen LogP contribution in [0.15, 0.2) is 79.0 Å². The molecule has 3 aromatic carbocycles. The molecule has 0 fully saturated rings. The summed E-state index contributed by atoms with van der Waals surface area (Å²) in [4.78, 5) is 0. The Hall–Kier alpha value is -3.19. The molecule has 0 spiro atoms. The highest BCUT2D eigenvalue weighted by Gasteiger charge is 2.16. The Morgan fingerprint density at radius 1 is 0.852 bits per heavy atom. The molecule has 0 aliphatic heterocycles. The highest BCUT2D eigenvalue weighted by atomic mass is 14.9. The summed E-state index contributed by atoms with van der Waals surface area (Å²) >= 11 is 0. The smallest absolute Gasteiger partial charge is 0.201 e. The van der Waals surface area contributed by atoms with Crippen molar-refractivity contribution >= 4 is 16.8 Å². The second-order valence-electron chi connectivity index (χ2n) is 7.38. The molecule has 1 aromatic heterocycles. The predicted molar refractivity (Wildman–Crippen MR) is 113 cm³/mol. The van der Waals surface area contributed by atoms with E-state index in [9.17, 15) is 0 Å². The van der Waals surface area contributed by atoms with Gasteiger partial charge in [0.1, 0.15) is 7.05 Å². The third-order valence-corrected chi connectivity index (χ3v) is 5.67. The van der Waals surface area contributed by atoms with Crippen LogP contribution in [0.1, 0.15) is 16.7 Å². The van der Waals surface area contributed by atoms with Crippen molar-refractivity contribution in [3.05, 3.63) is 95.7 Å². The molecule has 0 saturated carbocycles. The van der Waals surface area contributed by atoms with E-state index in [0.29, 0.717) is 0 Å². The lowest BCUT2D eigenvalue weighted by molar-refractivity contribution is -0.660. The molecule has 130 valence electrons. The topological polar surface area (TPSA) is 3.88 Å². The summed E-state index contributed by atoms with van der Waals surface area (Å²) in [5.41, 5.74) is 9.17. The van der Waals surface area contributed by atoms with Gasteiger partial charge < -0.3 is 0 Å². The molecule has 5 rings (SSSR count). The van der Waals surface area contributed by atoms with Crippen molar-refractivity contribution in [3.63, 3.8) is 0 Å². The van der Waals surface area contributed by atoms with Gasteiger partial charge in [-0.2, -0.15) is 0 Å². The summed E-state index contributed by atoms with van der Waals surface area (Å²) < 4.78 is 2.19. The molecule has 0 N–H and O–H groups in total. The number of aromatic nitrogens is 1. The number of hydrogen-bond acceptors (Lipinski definition) is 0. The Kier molecular flexibility index (Phi) is 3.68. The third kappa shape index (κ3) is 2.59. The second-order valence-corrected chi connectivity index (χ2v) is 7.38. The van der Waals surface area contributed by atoms with Crippen molar-refractivity contribution in [2.24, 2.45) is 7.05 Å². The zero-order valence-corrected chi connectivity index (χ0v) is 15.7. The van der Waals surface area contributed by atoms with Crippen LogP contribution in [-0.2, 0) is 13.5 Å². The fourth-order valence-electron chi connectivity index (χ4n) is 4.25. The van der Waals surface area contributed by atoms with Gasteiger partial charge in [0, 0.05) is 17.7 Å². The highest BCUT2D eigenvalue weighted by molar-refractivity contribution is 6.04. The molecule has 0 amide bonds. The van der Waals surface area contributed by atoms with Gasteiger partial charge in [0.2, 0.25) is 5.69 Å². The average Bonchev–Trinajstić information content (AvgIpc) is 2.70. The van der Waals surface area contributed by atoms with Gasteiger partial charge in [0.05, 0.1) is 0 Å². The molecule has 4 aromatic rings. The third-order valence-electron chi connectivity index (χ3n) is 5.67. The van der Waals surface area contributed by atoms with Crippen molar-refractivity contribution in [2.75, 3.05) is 0 Å². The number of benzene rings is 3. The summed E-state index contributed by atoms with van der Waals surface area (Å²) in [6.45, 7) is 2.19. The zero-order valence-electron chi connectivity index (χ0n) is 15.7. The summed E-state index contributed by atoms with van der Waals surface area (Å²) in [6.07, 6.45) is 7.64. The number of rotatable bonds is 2. The van der Waals surface area contributed by atoms with E-state index in [1.54, 1.807) is 0 Å². The average molecular weight is 348 g/mol. The van der Waals surface area contributed by atoms with Gasteiger partial charge in [-0.15, -0.1) is 0 Å². The summed E-state index contributed by atoms with van der Waals surface area (Å²) in [5, 5.41) is 2.76. The van der Waals surface area contributed by atoms with Crippen LogP contribution >= 0.6 is 0 Å². The first kappa shape index (κ1) is 16.0. The largest absolute Gasteiger partial charge is 0.212 e. The molecule has 0 atom stereocenters. The van der Waals surface area contributed by atoms with Crippen LogP contribution in [0, 0.1) is 6.92 Å². The van der Waals surface area contributed by atoms with E-state index in [0.717, 1.165) is 6.42 Å². The number of nitrogens with zero attached hydrogens (tertiary/aromatic N) is 1. The summed E-state index contributed by atoms with van der Waals surface area (Å²) in [6, 6.07) is 24.5. The van der Waals surface area contributed by atoms with E-state index in [2.05, 4.69) is 104 Å².